The Hall–Kier alpha value is 0.250. The van der Waals surface area contributed by atoms with Crippen molar-refractivity contribution < 1.29 is 13.3 Å². The van der Waals surface area contributed by atoms with Gasteiger partial charge in [0.1, 0.15) is 0 Å². The molecule has 0 aliphatic heterocycles. The molecule has 0 saturated carbocycles. The fourth-order valence-corrected chi connectivity index (χ4v) is 0. The molecule has 0 aromatic carbocycles. The smallest absolute Gasteiger partial charge is 0.306 e. The van der Waals surface area contributed by atoms with Gasteiger partial charge in [0.25, 0.3) is 0 Å². The molecule has 0 radical (unpaired) electrons. The number of hydrogen-bond acceptors (Lipinski definition) is 1. The predicted molar refractivity (Wildman–Crippen MR) is 16.8 cm³/mol. The Morgan fingerprint density at radius 2 is 1.80 bits per heavy atom. The molecule has 0 aliphatic carbocycles. The van der Waals surface area contributed by atoms with Crippen molar-refractivity contribution >= 4 is 9.47 Å². The van der Waals surface area contributed by atoms with Crippen LogP contribution in [-0.4, -0.2) is 6.61 Å². The average Bonchev–Trinajstić information content (AvgIpc) is 1.38. The van der Waals surface area contributed by atoms with E-state index >= 15 is 0 Å². The number of halogens is 2. The maximum absolute atomic E-state index is 10.5. The average molecular weight is 100 g/mol. The molecule has 0 rings (SSSR count). The highest BCUT2D eigenvalue weighted by molar-refractivity contribution is 7.09. The summed E-state index contributed by atoms with van der Waals surface area (Å²) in [6.45, 7) is -2.65. The van der Waals surface area contributed by atoms with Gasteiger partial charge in [0.05, 0.1) is 0 Å². The van der Waals surface area contributed by atoms with Gasteiger partial charge >= 0.3 is 6.61 Å². The van der Waals surface area contributed by atoms with Crippen LogP contribution < -0.4 is 0 Å². The fraction of sp³-hybridized carbons (Fsp3) is 1.00. The SMILES string of the molecule is FC(F)OP. The van der Waals surface area contributed by atoms with E-state index in [1.54, 1.807) is 0 Å². The number of alkyl halides is 2. The first-order valence-corrected chi connectivity index (χ1v) is 1.38. The summed E-state index contributed by atoms with van der Waals surface area (Å²) in [5, 5.41) is 0. The minimum absolute atomic E-state index is 1.44. The summed E-state index contributed by atoms with van der Waals surface area (Å²) in [5.74, 6) is 0. The Morgan fingerprint density at radius 3 is 1.80 bits per heavy atom. The van der Waals surface area contributed by atoms with Crippen LogP contribution in [0.5, 0.6) is 0 Å². The van der Waals surface area contributed by atoms with Gasteiger partial charge in [-0.05, 0) is 0 Å². The lowest BCUT2D eigenvalue weighted by atomic mass is 11.5. The molecule has 0 amide bonds. The van der Waals surface area contributed by atoms with Gasteiger partial charge in [-0.1, -0.05) is 0 Å². The quantitative estimate of drug-likeness (QED) is 0.447. The zero-order valence-corrected chi connectivity index (χ0v) is 3.47. The Labute approximate surface area is 30.6 Å². The van der Waals surface area contributed by atoms with Gasteiger partial charge in [-0.15, -0.1) is 0 Å². The predicted octanol–water partition coefficient (Wildman–Crippen LogP) is 1.02. The number of rotatable bonds is 1. The minimum Gasteiger partial charge on any atom is -0.306 e. The van der Waals surface area contributed by atoms with Crippen LogP contribution in [0.2, 0.25) is 0 Å². The van der Waals surface area contributed by atoms with E-state index in [1.807, 2.05) is 0 Å². The summed E-state index contributed by atoms with van der Waals surface area (Å²) in [6.07, 6.45) is 0. The molecule has 32 valence electrons. The van der Waals surface area contributed by atoms with Crippen molar-refractivity contribution in [2.45, 2.75) is 6.61 Å². The van der Waals surface area contributed by atoms with E-state index in [0.29, 0.717) is 0 Å². The molecule has 0 aromatic heterocycles. The third kappa shape index (κ3) is 4.25. The maximum atomic E-state index is 10.5. The first-order chi connectivity index (χ1) is 2.27. The van der Waals surface area contributed by atoms with Gasteiger partial charge in [0, 0.05) is 9.47 Å². The zero-order valence-electron chi connectivity index (χ0n) is 2.32. The summed E-state index contributed by atoms with van der Waals surface area (Å²) in [7, 11) is 1.44. The molecule has 1 nitrogen and oxygen atoms in total. The molecular weight excluding hydrogens is 97.0 g/mol. The Balaban J connectivity index is 2.54. The summed E-state index contributed by atoms with van der Waals surface area (Å²) < 4.78 is 24.4. The van der Waals surface area contributed by atoms with Gasteiger partial charge in [-0.2, -0.15) is 8.78 Å². The normalized spacial score (nSPS) is 9.60. The van der Waals surface area contributed by atoms with Crippen molar-refractivity contribution in [3.8, 4) is 0 Å². The van der Waals surface area contributed by atoms with Gasteiger partial charge in [0.15, 0.2) is 0 Å². The molecule has 1 atom stereocenters. The Morgan fingerprint density at radius 1 is 1.60 bits per heavy atom. The molecule has 0 N–H and O–H groups in total. The maximum Gasteiger partial charge on any atom is 0.347 e. The molecule has 0 fully saturated rings. The Bertz CT molecular complexity index is 23.6. The first kappa shape index (κ1) is 5.25. The molecule has 4 heteroatoms. The third-order valence-electron chi connectivity index (χ3n) is 0.103. The zero-order chi connectivity index (χ0) is 4.28. The van der Waals surface area contributed by atoms with Crippen LogP contribution in [0.3, 0.4) is 0 Å². The number of hydrogen-bond donors (Lipinski definition) is 0. The second-order valence-corrected chi connectivity index (χ2v) is 0.669. The molecule has 0 spiro atoms. The van der Waals surface area contributed by atoms with Crippen molar-refractivity contribution in [2.24, 2.45) is 0 Å². The third-order valence-corrected chi connectivity index (χ3v) is 0.309. The van der Waals surface area contributed by atoms with E-state index in [9.17, 15) is 8.78 Å². The van der Waals surface area contributed by atoms with Crippen LogP contribution in [0.25, 0.3) is 0 Å². The Kier molecular flexibility index (Phi) is 2.61. The molecule has 0 bridgehead atoms. The van der Waals surface area contributed by atoms with E-state index in [0.717, 1.165) is 0 Å². The van der Waals surface area contributed by atoms with E-state index in [-0.39, 0.29) is 0 Å². The summed E-state index contributed by atoms with van der Waals surface area (Å²) in [5.41, 5.74) is 0. The van der Waals surface area contributed by atoms with Gasteiger partial charge < -0.3 is 4.52 Å². The molecule has 0 heterocycles. The summed E-state index contributed by atoms with van der Waals surface area (Å²) in [6, 6.07) is 0. The van der Waals surface area contributed by atoms with Gasteiger partial charge in [-0.25, -0.2) is 0 Å². The van der Waals surface area contributed by atoms with E-state index in [2.05, 4.69) is 4.52 Å². The van der Waals surface area contributed by atoms with Crippen LogP contribution in [-0.2, 0) is 4.52 Å². The lowest BCUT2D eigenvalue weighted by molar-refractivity contribution is -0.0359. The van der Waals surface area contributed by atoms with Crippen LogP contribution in [0.1, 0.15) is 0 Å². The molecule has 0 aromatic rings. The fourth-order valence-electron chi connectivity index (χ4n) is 0. The van der Waals surface area contributed by atoms with Gasteiger partial charge in [0.2, 0.25) is 0 Å². The largest absolute Gasteiger partial charge is 0.347 e. The first-order valence-electron chi connectivity index (χ1n) is 0.908. The van der Waals surface area contributed by atoms with Crippen LogP contribution >= 0.6 is 9.47 Å². The second kappa shape index (κ2) is 2.49. The van der Waals surface area contributed by atoms with Crippen LogP contribution in [0.4, 0.5) is 8.78 Å². The highest BCUT2D eigenvalue weighted by Crippen LogP contribution is 1.97. The summed E-state index contributed by atoms with van der Waals surface area (Å²) >= 11 is 0. The highest BCUT2D eigenvalue weighted by Gasteiger charge is 1.90. The van der Waals surface area contributed by atoms with Crippen LogP contribution in [0, 0.1) is 0 Å². The van der Waals surface area contributed by atoms with Crippen LogP contribution in [0.15, 0.2) is 0 Å². The molecule has 0 aliphatic rings. The minimum atomic E-state index is -2.65. The molecule has 0 saturated heterocycles. The van der Waals surface area contributed by atoms with E-state index < -0.39 is 6.61 Å². The van der Waals surface area contributed by atoms with E-state index in [1.165, 1.54) is 9.47 Å². The van der Waals surface area contributed by atoms with Crippen molar-refractivity contribution in [2.75, 3.05) is 0 Å². The monoisotopic (exact) mass is 100.0 g/mol. The van der Waals surface area contributed by atoms with Crippen molar-refractivity contribution in [1.29, 1.82) is 0 Å². The molecule has 1 unspecified atom stereocenters. The topological polar surface area (TPSA) is 9.23 Å². The van der Waals surface area contributed by atoms with Crippen molar-refractivity contribution in [1.82, 2.24) is 0 Å². The lowest BCUT2D eigenvalue weighted by Gasteiger charge is -1.85. The van der Waals surface area contributed by atoms with Crippen molar-refractivity contribution in [3.05, 3.63) is 0 Å². The second-order valence-electron chi connectivity index (χ2n) is 0.397. The highest BCUT2D eigenvalue weighted by atomic mass is 31.0. The van der Waals surface area contributed by atoms with E-state index in [4.69, 9.17) is 0 Å². The standard InChI is InChI=1S/CH3F2OP/c2-1(3)4-5/h1H,5H2. The molecule has 5 heavy (non-hydrogen) atoms. The molecular formula is CH3F2OP. The summed E-state index contributed by atoms with van der Waals surface area (Å²) in [4.78, 5) is 0. The lowest BCUT2D eigenvalue weighted by Crippen LogP contribution is -1.82. The van der Waals surface area contributed by atoms with Gasteiger partial charge in [-0.3, -0.25) is 0 Å². The van der Waals surface area contributed by atoms with Crippen molar-refractivity contribution in [3.63, 3.8) is 0 Å².